The first kappa shape index (κ1) is 20.8. The molecule has 0 aliphatic rings. The fourth-order valence-electron chi connectivity index (χ4n) is 2.32. The lowest BCUT2D eigenvalue weighted by atomic mass is 10.2. The summed E-state index contributed by atoms with van der Waals surface area (Å²) in [4.78, 5) is 15.5. The van der Waals surface area contributed by atoms with Crippen LogP contribution >= 0.6 is 0 Å². The van der Waals surface area contributed by atoms with Crippen LogP contribution in [0.2, 0.25) is 0 Å². The van der Waals surface area contributed by atoms with Crippen LogP contribution in [0.1, 0.15) is 11.1 Å². The zero-order chi connectivity index (χ0) is 21.4. The molecule has 0 unspecified atom stereocenters. The van der Waals surface area contributed by atoms with Crippen LogP contribution in [0.25, 0.3) is 0 Å². The third-order valence-electron chi connectivity index (χ3n) is 3.79. The number of hydrazone groups is 1. The number of anilines is 2. The zero-order valence-corrected chi connectivity index (χ0v) is 15.6. The molecule has 2 N–H and O–H groups in total. The van der Waals surface area contributed by atoms with Crippen molar-refractivity contribution in [3.8, 4) is 5.75 Å². The fraction of sp³-hybridized carbons (Fsp3) is 0.0952. The van der Waals surface area contributed by atoms with E-state index in [0.29, 0.717) is 11.4 Å². The summed E-state index contributed by atoms with van der Waals surface area (Å²) in [6.07, 6.45) is -2.22. The Labute approximate surface area is 170 Å². The van der Waals surface area contributed by atoms with Gasteiger partial charge in [-0.15, -0.1) is 0 Å². The number of hydrogen-bond donors (Lipinski definition) is 2. The maximum absolute atomic E-state index is 12.5. The molecule has 2 aromatic carbocycles. The largest absolute Gasteiger partial charge is 0.484 e. The molecule has 154 valence electrons. The van der Waals surface area contributed by atoms with Gasteiger partial charge in [-0.2, -0.15) is 18.3 Å². The van der Waals surface area contributed by atoms with Crippen molar-refractivity contribution in [1.82, 2.24) is 4.98 Å². The molecule has 0 radical (unpaired) electrons. The molecule has 6 nitrogen and oxygen atoms in total. The maximum atomic E-state index is 12.5. The molecule has 0 atom stereocenters. The molecule has 0 bridgehead atoms. The van der Waals surface area contributed by atoms with Crippen molar-refractivity contribution in [3.63, 3.8) is 0 Å². The first-order valence-electron chi connectivity index (χ1n) is 8.80. The molecule has 0 saturated heterocycles. The second-order valence-electron chi connectivity index (χ2n) is 6.07. The molecular weight excluding hydrogens is 397 g/mol. The van der Waals surface area contributed by atoms with E-state index in [0.717, 1.165) is 17.8 Å². The van der Waals surface area contributed by atoms with Crippen LogP contribution < -0.4 is 15.5 Å². The summed E-state index contributed by atoms with van der Waals surface area (Å²) in [5, 5.41) is 6.65. The highest BCUT2D eigenvalue weighted by atomic mass is 19.4. The second kappa shape index (κ2) is 9.55. The fourth-order valence-corrected chi connectivity index (χ4v) is 2.32. The van der Waals surface area contributed by atoms with Gasteiger partial charge in [0.1, 0.15) is 11.6 Å². The van der Waals surface area contributed by atoms with Crippen molar-refractivity contribution in [2.45, 2.75) is 6.18 Å². The number of para-hydroxylation sites is 1. The molecule has 30 heavy (non-hydrogen) atoms. The van der Waals surface area contributed by atoms with Gasteiger partial charge in [0.05, 0.1) is 11.8 Å². The minimum absolute atomic E-state index is 0.135. The molecule has 0 saturated carbocycles. The molecule has 0 spiro atoms. The SMILES string of the molecule is O=C(COc1ccc(/C=N\Nc2ccc(C(F)(F)F)cn2)cc1)Nc1ccccc1. The molecule has 1 aromatic heterocycles. The predicted molar refractivity (Wildman–Crippen MR) is 107 cm³/mol. The lowest BCUT2D eigenvalue weighted by molar-refractivity contribution is -0.137. The quantitative estimate of drug-likeness (QED) is 0.439. The number of halogens is 3. The van der Waals surface area contributed by atoms with Gasteiger partial charge in [0.2, 0.25) is 0 Å². The summed E-state index contributed by atoms with van der Waals surface area (Å²) in [6.45, 7) is -0.135. The third-order valence-corrected chi connectivity index (χ3v) is 3.79. The standard InChI is InChI=1S/C21H17F3N4O2/c22-21(23,24)16-8-11-19(25-13-16)28-26-12-15-6-9-18(10-7-15)30-14-20(29)27-17-4-2-1-3-5-17/h1-13H,14H2,(H,25,28)(H,27,29)/b26-12-. The van der Waals surface area contributed by atoms with Crippen molar-refractivity contribution in [2.24, 2.45) is 5.10 Å². The number of nitrogens with one attached hydrogen (secondary N) is 2. The summed E-state index contributed by atoms with van der Waals surface area (Å²) in [7, 11) is 0. The first-order valence-corrected chi connectivity index (χ1v) is 8.80. The monoisotopic (exact) mass is 414 g/mol. The lowest BCUT2D eigenvalue weighted by Crippen LogP contribution is -2.20. The number of rotatable bonds is 7. The van der Waals surface area contributed by atoms with Gasteiger partial charge in [-0.25, -0.2) is 4.98 Å². The second-order valence-corrected chi connectivity index (χ2v) is 6.07. The van der Waals surface area contributed by atoms with Gasteiger partial charge in [-0.3, -0.25) is 10.2 Å². The Morgan fingerprint density at radius 2 is 1.77 bits per heavy atom. The van der Waals surface area contributed by atoms with E-state index in [1.54, 1.807) is 36.4 Å². The number of nitrogens with zero attached hydrogens (tertiary/aromatic N) is 2. The molecule has 3 aromatic rings. The molecule has 9 heteroatoms. The van der Waals surface area contributed by atoms with E-state index < -0.39 is 11.7 Å². The van der Waals surface area contributed by atoms with Crippen molar-refractivity contribution in [3.05, 3.63) is 84.1 Å². The molecule has 3 rings (SSSR count). The average molecular weight is 414 g/mol. The number of carbonyl (C=O) groups is 1. The minimum atomic E-state index is -4.43. The van der Waals surface area contributed by atoms with Gasteiger partial charge in [0, 0.05) is 11.9 Å². The molecule has 1 heterocycles. The number of ether oxygens (including phenoxy) is 1. The third kappa shape index (κ3) is 6.33. The minimum Gasteiger partial charge on any atom is -0.484 e. The molecule has 1 amide bonds. The Bertz CT molecular complexity index is 990. The van der Waals surface area contributed by atoms with Crippen LogP contribution in [-0.2, 0) is 11.0 Å². The molecular formula is C21H17F3N4O2. The summed E-state index contributed by atoms with van der Waals surface area (Å²) in [6, 6.07) is 17.9. The summed E-state index contributed by atoms with van der Waals surface area (Å²) in [5.41, 5.74) is 3.13. The highest BCUT2D eigenvalue weighted by Crippen LogP contribution is 2.28. The van der Waals surface area contributed by atoms with E-state index >= 15 is 0 Å². The summed E-state index contributed by atoms with van der Waals surface area (Å²) >= 11 is 0. The Balaban J connectivity index is 1.46. The van der Waals surface area contributed by atoms with Gasteiger partial charge in [-0.05, 0) is 54.1 Å². The maximum Gasteiger partial charge on any atom is 0.417 e. The van der Waals surface area contributed by atoms with Crippen molar-refractivity contribution < 1.29 is 22.7 Å². The average Bonchev–Trinajstić information content (AvgIpc) is 2.74. The Kier molecular flexibility index (Phi) is 6.63. The topological polar surface area (TPSA) is 75.6 Å². The summed E-state index contributed by atoms with van der Waals surface area (Å²) < 4.78 is 42.9. The van der Waals surface area contributed by atoms with Gasteiger partial charge < -0.3 is 10.1 Å². The van der Waals surface area contributed by atoms with E-state index in [9.17, 15) is 18.0 Å². The molecule has 0 fully saturated rings. The Morgan fingerprint density at radius 1 is 1.03 bits per heavy atom. The van der Waals surface area contributed by atoms with Gasteiger partial charge >= 0.3 is 6.18 Å². The number of pyridine rings is 1. The first-order chi connectivity index (χ1) is 14.4. The predicted octanol–water partition coefficient (Wildman–Crippen LogP) is 4.56. The number of benzene rings is 2. The van der Waals surface area contributed by atoms with Crippen LogP contribution in [0, 0.1) is 0 Å². The Hall–Kier alpha value is -3.88. The normalized spacial score (nSPS) is 11.3. The van der Waals surface area contributed by atoms with Gasteiger partial charge in [0.15, 0.2) is 6.61 Å². The zero-order valence-electron chi connectivity index (χ0n) is 15.6. The summed E-state index contributed by atoms with van der Waals surface area (Å²) in [5.74, 6) is 0.413. The smallest absolute Gasteiger partial charge is 0.417 e. The number of alkyl halides is 3. The van der Waals surface area contributed by atoms with E-state index in [4.69, 9.17) is 4.74 Å². The number of hydrogen-bond acceptors (Lipinski definition) is 5. The molecule has 0 aliphatic carbocycles. The Morgan fingerprint density at radius 3 is 2.40 bits per heavy atom. The number of carbonyl (C=O) groups excluding carboxylic acids is 1. The number of aromatic nitrogens is 1. The van der Waals surface area contributed by atoms with E-state index in [-0.39, 0.29) is 18.3 Å². The van der Waals surface area contributed by atoms with Crippen LogP contribution in [0.4, 0.5) is 24.7 Å². The van der Waals surface area contributed by atoms with Crippen molar-refractivity contribution >= 4 is 23.6 Å². The van der Waals surface area contributed by atoms with E-state index in [2.05, 4.69) is 20.8 Å². The highest BCUT2D eigenvalue weighted by Gasteiger charge is 2.30. The van der Waals surface area contributed by atoms with Crippen LogP contribution in [0.3, 0.4) is 0 Å². The van der Waals surface area contributed by atoms with Crippen LogP contribution in [0.15, 0.2) is 78.0 Å². The van der Waals surface area contributed by atoms with E-state index in [1.807, 2.05) is 18.2 Å². The van der Waals surface area contributed by atoms with Crippen molar-refractivity contribution in [2.75, 3.05) is 17.3 Å². The van der Waals surface area contributed by atoms with Crippen molar-refractivity contribution in [1.29, 1.82) is 0 Å². The lowest BCUT2D eigenvalue weighted by Gasteiger charge is -2.07. The highest BCUT2D eigenvalue weighted by molar-refractivity contribution is 5.91. The van der Waals surface area contributed by atoms with Gasteiger partial charge in [-0.1, -0.05) is 18.2 Å². The molecule has 0 aliphatic heterocycles. The van der Waals surface area contributed by atoms with E-state index in [1.165, 1.54) is 12.3 Å². The van der Waals surface area contributed by atoms with Gasteiger partial charge in [0.25, 0.3) is 5.91 Å². The number of amides is 1. The van der Waals surface area contributed by atoms with Crippen LogP contribution in [-0.4, -0.2) is 23.7 Å². The van der Waals surface area contributed by atoms with Crippen LogP contribution in [0.5, 0.6) is 5.75 Å².